The van der Waals surface area contributed by atoms with Crippen molar-refractivity contribution in [3.05, 3.63) is 101 Å². The van der Waals surface area contributed by atoms with Gasteiger partial charge in [-0.1, -0.05) is 80.6 Å². The fourth-order valence-electron chi connectivity index (χ4n) is 7.62. The van der Waals surface area contributed by atoms with Gasteiger partial charge in [-0.25, -0.2) is 0 Å². The molecule has 212 valence electrons. The Bertz CT molecular complexity index is 1200. The highest BCUT2D eigenvalue weighted by atomic mass is 16.5. The standard InChI is InChI=1S/C34H40N2O2.C2H6/c1-37-30-15-14-28-18-32-33-34(31(28)19-30,16-17-35(32)21-27-12-13-27)20-29(24-38-33)36(22-25-8-4-2-5-9-25)23-26-10-6-3-7-11-26;1-2/h2-11,14-15,19,27,29,32-33H,12-13,16-18,20-24H2,1H3;1-2H3/t29?,32?,33?,34-;/m0./s1. The average Bonchev–Trinajstić information content (AvgIpc) is 3.84. The molecule has 2 heterocycles. The average molecular weight is 539 g/mol. The van der Waals surface area contributed by atoms with Crippen LogP contribution in [0.3, 0.4) is 0 Å². The zero-order valence-corrected chi connectivity index (χ0v) is 24.6. The SMILES string of the molecule is CC.COc1ccc2c(c1)[C@@]13CCN(CC4CC4)C(C2)C1OCC(N(Cc1ccccc1)Cc1ccccc1)C3. The van der Waals surface area contributed by atoms with Crippen molar-refractivity contribution in [1.82, 2.24) is 9.80 Å². The summed E-state index contributed by atoms with van der Waals surface area (Å²) < 4.78 is 12.8. The van der Waals surface area contributed by atoms with Gasteiger partial charge < -0.3 is 9.47 Å². The molecule has 0 spiro atoms. The number of nitrogens with zero attached hydrogens (tertiary/aromatic N) is 2. The number of hydrogen-bond donors (Lipinski definition) is 0. The molecule has 2 aliphatic carbocycles. The Morgan fingerprint density at radius 1 is 0.925 bits per heavy atom. The van der Waals surface area contributed by atoms with E-state index >= 15 is 0 Å². The normalized spacial score (nSPS) is 27.2. The lowest BCUT2D eigenvalue weighted by Crippen LogP contribution is -2.68. The first-order valence-corrected chi connectivity index (χ1v) is 15.6. The fourth-order valence-corrected chi connectivity index (χ4v) is 7.62. The summed E-state index contributed by atoms with van der Waals surface area (Å²) in [6.07, 6.45) is 6.49. The molecule has 2 saturated heterocycles. The molecule has 3 fully saturated rings. The van der Waals surface area contributed by atoms with Crippen LogP contribution in [-0.2, 0) is 29.7 Å². The lowest BCUT2D eigenvalue weighted by molar-refractivity contribution is -0.154. The number of hydrogen-bond acceptors (Lipinski definition) is 4. The first-order chi connectivity index (χ1) is 19.7. The number of methoxy groups -OCH3 is 1. The van der Waals surface area contributed by atoms with Gasteiger partial charge in [0.05, 0.1) is 19.8 Å². The van der Waals surface area contributed by atoms with Gasteiger partial charge in [-0.3, -0.25) is 9.80 Å². The molecular weight excluding hydrogens is 492 g/mol. The van der Waals surface area contributed by atoms with E-state index in [0.29, 0.717) is 12.1 Å². The molecule has 7 rings (SSSR count). The Hall–Kier alpha value is -2.66. The van der Waals surface area contributed by atoms with Gasteiger partial charge in [-0.15, -0.1) is 0 Å². The molecule has 3 aromatic carbocycles. The molecule has 2 bridgehead atoms. The van der Waals surface area contributed by atoms with Crippen molar-refractivity contribution in [2.45, 2.75) is 82.6 Å². The summed E-state index contributed by atoms with van der Waals surface area (Å²) in [7, 11) is 1.79. The summed E-state index contributed by atoms with van der Waals surface area (Å²) in [6, 6.07) is 29.6. The minimum atomic E-state index is 0.0430. The molecule has 2 aliphatic heterocycles. The van der Waals surface area contributed by atoms with E-state index in [9.17, 15) is 0 Å². The number of rotatable bonds is 8. The molecule has 4 heteroatoms. The van der Waals surface area contributed by atoms with Crippen molar-refractivity contribution in [2.75, 3.05) is 26.8 Å². The van der Waals surface area contributed by atoms with Crippen LogP contribution in [-0.4, -0.2) is 54.8 Å². The van der Waals surface area contributed by atoms with Crippen molar-refractivity contribution in [2.24, 2.45) is 5.92 Å². The van der Waals surface area contributed by atoms with Gasteiger partial charge >= 0.3 is 0 Å². The number of piperidine rings is 1. The van der Waals surface area contributed by atoms with E-state index in [-0.39, 0.29) is 11.5 Å². The Morgan fingerprint density at radius 3 is 2.23 bits per heavy atom. The van der Waals surface area contributed by atoms with Gasteiger partial charge in [0, 0.05) is 37.1 Å². The number of benzene rings is 3. The summed E-state index contributed by atoms with van der Waals surface area (Å²) in [4.78, 5) is 5.47. The second-order valence-corrected chi connectivity index (χ2v) is 12.1. The van der Waals surface area contributed by atoms with E-state index in [1.807, 2.05) is 13.8 Å². The van der Waals surface area contributed by atoms with Crippen molar-refractivity contribution >= 4 is 0 Å². The van der Waals surface area contributed by atoms with E-state index < -0.39 is 0 Å². The molecule has 0 aromatic heterocycles. The Kier molecular flexibility index (Phi) is 8.29. The van der Waals surface area contributed by atoms with Gasteiger partial charge in [0.1, 0.15) is 5.75 Å². The minimum absolute atomic E-state index is 0.0430. The van der Waals surface area contributed by atoms with E-state index in [2.05, 4.69) is 88.7 Å². The summed E-state index contributed by atoms with van der Waals surface area (Å²) in [5, 5.41) is 0. The first-order valence-electron chi connectivity index (χ1n) is 15.6. The smallest absolute Gasteiger partial charge is 0.119 e. The van der Waals surface area contributed by atoms with Gasteiger partial charge in [-0.2, -0.15) is 0 Å². The van der Waals surface area contributed by atoms with Crippen LogP contribution in [0.5, 0.6) is 5.75 Å². The van der Waals surface area contributed by atoms with Gasteiger partial charge in [0.15, 0.2) is 0 Å². The van der Waals surface area contributed by atoms with Crippen LogP contribution in [0.2, 0.25) is 0 Å². The summed E-state index contributed by atoms with van der Waals surface area (Å²) in [6.45, 7) is 9.12. The maximum atomic E-state index is 7.05. The zero-order valence-electron chi connectivity index (χ0n) is 24.6. The lowest BCUT2D eigenvalue weighted by Gasteiger charge is -2.60. The van der Waals surface area contributed by atoms with Crippen LogP contribution >= 0.6 is 0 Å². The van der Waals surface area contributed by atoms with Crippen molar-refractivity contribution < 1.29 is 9.47 Å². The highest BCUT2D eigenvalue weighted by molar-refractivity contribution is 5.46. The quantitative estimate of drug-likeness (QED) is 0.313. The predicted molar refractivity (Wildman–Crippen MR) is 163 cm³/mol. The van der Waals surface area contributed by atoms with E-state index in [1.165, 1.54) is 54.6 Å². The van der Waals surface area contributed by atoms with Crippen LogP contribution in [0, 0.1) is 5.92 Å². The third-order valence-corrected chi connectivity index (χ3v) is 9.72. The number of ether oxygens (including phenoxy) is 2. The van der Waals surface area contributed by atoms with E-state index in [4.69, 9.17) is 9.47 Å². The van der Waals surface area contributed by atoms with Crippen molar-refractivity contribution in [3.8, 4) is 5.75 Å². The molecule has 3 unspecified atom stereocenters. The Morgan fingerprint density at radius 2 is 1.60 bits per heavy atom. The second-order valence-electron chi connectivity index (χ2n) is 12.1. The fraction of sp³-hybridized carbons (Fsp3) is 0.500. The predicted octanol–water partition coefficient (Wildman–Crippen LogP) is 6.86. The molecule has 0 radical (unpaired) electrons. The maximum absolute atomic E-state index is 7.05. The van der Waals surface area contributed by atoms with E-state index in [1.54, 1.807) is 7.11 Å². The van der Waals surface area contributed by atoms with Gasteiger partial charge in [0.2, 0.25) is 0 Å². The maximum Gasteiger partial charge on any atom is 0.119 e. The minimum Gasteiger partial charge on any atom is -0.497 e. The molecule has 4 aliphatic rings. The van der Waals surface area contributed by atoms with Gasteiger partial charge in [0.25, 0.3) is 0 Å². The summed E-state index contributed by atoms with van der Waals surface area (Å²) in [5.41, 5.74) is 5.78. The highest BCUT2D eigenvalue weighted by Crippen LogP contribution is 2.53. The molecular formula is C36H46N2O2. The Labute approximate surface area is 241 Å². The van der Waals surface area contributed by atoms with Crippen LogP contribution < -0.4 is 4.74 Å². The monoisotopic (exact) mass is 538 g/mol. The molecule has 4 nitrogen and oxygen atoms in total. The topological polar surface area (TPSA) is 24.9 Å². The molecule has 3 aromatic rings. The Balaban J connectivity index is 0.00000142. The van der Waals surface area contributed by atoms with E-state index in [0.717, 1.165) is 44.2 Å². The molecule has 0 amide bonds. The summed E-state index contributed by atoms with van der Waals surface area (Å²) >= 11 is 0. The van der Waals surface area contributed by atoms with Crippen LogP contribution in [0.4, 0.5) is 0 Å². The van der Waals surface area contributed by atoms with Crippen molar-refractivity contribution in [1.29, 1.82) is 0 Å². The largest absolute Gasteiger partial charge is 0.497 e. The third-order valence-electron chi connectivity index (χ3n) is 9.72. The first kappa shape index (κ1) is 27.5. The second kappa shape index (κ2) is 12.1. The van der Waals surface area contributed by atoms with Crippen molar-refractivity contribution in [3.63, 3.8) is 0 Å². The zero-order chi connectivity index (χ0) is 27.5. The highest BCUT2D eigenvalue weighted by Gasteiger charge is 2.57. The molecule has 0 N–H and O–H groups in total. The van der Waals surface area contributed by atoms with Gasteiger partial charge in [-0.05, 0) is 79.0 Å². The molecule has 1 saturated carbocycles. The van der Waals surface area contributed by atoms with Crippen LogP contribution in [0.1, 0.15) is 61.8 Å². The number of fused-ring (bicyclic) bond motifs is 1. The third kappa shape index (κ3) is 5.46. The molecule has 40 heavy (non-hydrogen) atoms. The molecule has 4 atom stereocenters. The van der Waals surface area contributed by atoms with Crippen LogP contribution in [0.15, 0.2) is 78.9 Å². The summed E-state index contributed by atoms with van der Waals surface area (Å²) in [5.74, 6) is 1.88. The van der Waals surface area contributed by atoms with Crippen LogP contribution in [0.25, 0.3) is 0 Å². The lowest BCUT2D eigenvalue weighted by atomic mass is 9.58. The number of likely N-dealkylation sites (tertiary alicyclic amines) is 1.